The minimum absolute atomic E-state index is 0.0421. The van der Waals surface area contributed by atoms with Crippen LogP contribution in [0.15, 0.2) is 71.6 Å². The van der Waals surface area contributed by atoms with E-state index in [1.54, 1.807) is 17.0 Å². The Labute approximate surface area is 188 Å². The third kappa shape index (κ3) is 4.69. The fraction of sp³-hybridized carbons (Fsp3) is 0.240. The summed E-state index contributed by atoms with van der Waals surface area (Å²) >= 11 is 0. The van der Waals surface area contributed by atoms with Gasteiger partial charge in [-0.1, -0.05) is 29.8 Å². The fourth-order valence-corrected chi connectivity index (χ4v) is 4.84. The number of nitrogens with one attached hydrogen (secondary N) is 1. The molecule has 0 bridgehead atoms. The molecule has 4 rings (SSSR count). The lowest BCUT2D eigenvalue weighted by molar-refractivity contribution is 0.0989. The number of aryl methyl sites for hydroxylation is 1. The molecule has 1 amide bonds. The third-order valence-corrected chi connectivity index (χ3v) is 6.88. The largest absolute Gasteiger partial charge is 0.494 e. The second-order valence-corrected chi connectivity index (χ2v) is 9.54. The Morgan fingerprint density at radius 2 is 1.84 bits per heavy atom. The average molecular weight is 451 g/mol. The first kappa shape index (κ1) is 22.0. The summed E-state index contributed by atoms with van der Waals surface area (Å²) in [5.41, 5.74) is 4.41. The number of carbonyl (C=O) groups is 1. The van der Waals surface area contributed by atoms with Crippen LogP contribution in [0.1, 0.15) is 34.0 Å². The van der Waals surface area contributed by atoms with Gasteiger partial charge in [-0.05, 0) is 73.9 Å². The van der Waals surface area contributed by atoms with Gasteiger partial charge in [0, 0.05) is 24.3 Å². The topological polar surface area (TPSA) is 75.7 Å². The molecule has 0 fully saturated rings. The molecule has 7 heteroatoms. The van der Waals surface area contributed by atoms with Crippen LogP contribution in [0.5, 0.6) is 5.75 Å². The van der Waals surface area contributed by atoms with Crippen LogP contribution in [0.3, 0.4) is 0 Å². The van der Waals surface area contributed by atoms with Gasteiger partial charge in [-0.15, -0.1) is 0 Å². The van der Waals surface area contributed by atoms with Crippen molar-refractivity contribution in [3.63, 3.8) is 0 Å². The first-order chi connectivity index (χ1) is 15.4. The van der Waals surface area contributed by atoms with Crippen molar-refractivity contribution in [1.82, 2.24) is 4.72 Å². The Hall–Kier alpha value is -3.16. The highest BCUT2D eigenvalue weighted by molar-refractivity contribution is 7.89. The molecule has 166 valence electrons. The van der Waals surface area contributed by atoms with E-state index in [0.717, 1.165) is 28.8 Å². The van der Waals surface area contributed by atoms with Crippen molar-refractivity contribution in [2.24, 2.45) is 0 Å². The van der Waals surface area contributed by atoms with Crippen LogP contribution < -0.4 is 14.4 Å². The van der Waals surface area contributed by atoms with Crippen LogP contribution in [0.4, 0.5) is 5.69 Å². The summed E-state index contributed by atoms with van der Waals surface area (Å²) in [4.78, 5) is 15.0. The molecule has 0 saturated carbocycles. The van der Waals surface area contributed by atoms with Gasteiger partial charge in [0.1, 0.15) is 5.75 Å². The third-order valence-electron chi connectivity index (χ3n) is 5.47. The zero-order chi connectivity index (χ0) is 22.7. The zero-order valence-corrected chi connectivity index (χ0v) is 19.0. The lowest BCUT2D eigenvalue weighted by Gasteiger charge is -2.18. The molecule has 0 saturated heterocycles. The van der Waals surface area contributed by atoms with E-state index < -0.39 is 10.0 Å². The van der Waals surface area contributed by atoms with Crippen LogP contribution in [0, 0.1) is 6.92 Å². The molecule has 0 atom stereocenters. The van der Waals surface area contributed by atoms with E-state index in [2.05, 4.69) is 4.72 Å². The molecule has 0 unspecified atom stereocenters. The van der Waals surface area contributed by atoms with Crippen LogP contribution in [-0.4, -0.2) is 27.5 Å². The van der Waals surface area contributed by atoms with Crippen molar-refractivity contribution in [2.45, 2.75) is 31.7 Å². The number of sulfonamides is 1. The van der Waals surface area contributed by atoms with Gasteiger partial charge in [0.15, 0.2) is 0 Å². The maximum Gasteiger partial charge on any atom is 0.258 e. The van der Waals surface area contributed by atoms with Crippen molar-refractivity contribution >= 4 is 21.6 Å². The SMILES string of the molecule is CCOc1ccc(S(=O)(=O)NCc2ccc3c(c2)N(C(=O)c2cccc(C)c2)CC3)cc1. The minimum Gasteiger partial charge on any atom is -0.494 e. The number of hydrogen-bond donors (Lipinski definition) is 1. The molecule has 3 aromatic rings. The quantitative estimate of drug-likeness (QED) is 0.589. The molecule has 6 nitrogen and oxygen atoms in total. The number of benzene rings is 3. The van der Waals surface area contributed by atoms with Crippen molar-refractivity contribution in [2.75, 3.05) is 18.1 Å². The number of hydrogen-bond acceptors (Lipinski definition) is 4. The van der Waals surface area contributed by atoms with E-state index in [0.29, 0.717) is 24.5 Å². The molecule has 0 aromatic heterocycles. The van der Waals surface area contributed by atoms with Crippen LogP contribution >= 0.6 is 0 Å². The van der Waals surface area contributed by atoms with Gasteiger partial charge in [0.2, 0.25) is 10.0 Å². The maximum absolute atomic E-state index is 13.1. The van der Waals surface area contributed by atoms with E-state index in [1.165, 1.54) is 12.1 Å². The summed E-state index contributed by atoms with van der Waals surface area (Å²) in [6.45, 7) is 5.10. The summed E-state index contributed by atoms with van der Waals surface area (Å²) in [7, 11) is -3.67. The molecular weight excluding hydrogens is 424 g/mol. The highest BCUT2D eigenvalue weighted by Crippen LogP contribution is 2.30. The summed E-state index contributed by atoms with van der Waals surface area (Å²) in [5.74, 6) is 0.586. The van der Waals surface area contributed by atoms with E-state index in [1.807, 2.05) is 56.3 Å². The standard InChI is InChI=1S/C25H26N2O4S/c1-3-31-22-9-11-23(12-10-22)32(29,30)26-17-19-7-8-20-13-14-27(24(20)16-19)25(28)21-6-4-5-18(2)15-21/h4-12,15-16,26H,3,13-14,17H2,1-2H3. The van der Waals surface area contributed by atoms with Crippen molar-refractivity contribution in [3.8, 4) is 5.75 Å². The summed E-state index contributed by atoms with van der Waals surface area (Å²) in [6, 6.07) is 19.7. The Morgan fingerprint density at radius 1 is 1.06 bits per heavy atom. The summed E-state index contributed by atoms with van der Waals surface area (Å²) < 4.78 is 33.4. The minimum atomic E-state index is -3.67. The number of ether oxygens (including phenoxy) is 1. The van der Waals surface area contributed by atoms with Crippen LogP contribution in [-0.2, 0) is 23.0 Å². The molecule has 1 aliphatic rings. The molecule has 0 radical (unpaired) electrons. The van der Waals surface area contributed by atoms with Gasteiger partial charge >= 0.3 is 0 Å². The second-order valence-electron chi connectivity index (χ2n) is 7.77. The van der Waals surface area contributed by atoms with Crippen LogP contribution in [0.2, 0.25) is 0 Å². The number of fused-ring (bicyclic) bond motifs is 1. The Balaban J connectivity index is 1.49. The first-order valence-corrected chi connectivity index (χ1v) is 12.1. The smallest absolute Gasteiger partial charge is 0.258 e. The number of amides is 1. The molecule has 1 N–H and O–H groups in total. The Morgan fingerprint density at radius 3 is 2.56 bits per heavy atom. The summed E-state index contributed by atoms with van der Waals surface area (Å²) in [5, 5.41) is 0. The van der Waals surface area contributed by atoms with E-state index >= 15 is 0 Å². The van der Waals surface area contributed by atoms with Crippen molar-refractivity contribution in [1.29, 1.82) is 0 Å². The van der Waals surface area contributed by atoms with Gasteiger partial charge in [0.25, 0.3) is 5.91 Å². The van der Waals surface area contributed by atoms with Gasteiger partial charge < -0.3 is 9.64 Å². The molecular formula is C25H26N2O4S. The molecule has 0 spiro atoms. The van der Waals surface area contributed by atoms with E-state index in [9.17, 15) is 13.2 Å². The van der Waals surface area contributed by atoms with E-state index in [4.69, 9.17) is 4.74 Å². The maximum atomic E-state index is 13.1. The van der Waals surface area contributed by atoms with Crippen LogP contribution in [0.25, 0.3) is 0 Å². The van der Waals surface area contributed by atoms with Crippen molar-refractivity contribution < 1.29 is 17.9 Å². The van der Waals surface area contributed by atoms with Crippen molar-refractivity contribution in [3.05, 3.63) is 89.0 Å². The number of anilines is 1. The van der Waals surface area contributed by atoms with Gasteiger partial charge in [-0.2, -0.15) is 0 Å². The van der Waals surface area contributed by atoms with Gasteiger partial charge in [-0.25, -0.2) is 13.1 Å². The fourth-order valence-electron chi connectivity index (χ4n) is 3.82. The number of nitrogens with zero attached hydrogens (tertiary/aromatic N) is 1. The molecule has 0 aliphatic carbocycles. The first-order valence-electron chi connectivity index (χ1n) is 10.6. The monoisotopic (exact) mass is 450 g/mol. The second kappa shape index (κ2) is 9.14. The molecule has 3 aromatic carbocycles. The van der Waals surface area contributed by atoms with E-state index in [-0.39, 0.29) is 17.3 Å². The summed E-state index contributed by atoms with van der Waals surface area (Å²) in [6.07, 6.45) is 0.783. The van der Waals surface area contributed by atoms with Gasteiger partial charge in [0.05, 0.1) is 11.5 Å². The average Bonchev–Trinajstić information content (AvgIpc) is 3.21. The zero-order valence-electron chi connectivity index (χ0n) is 18.2. The lowest BCUT2D eigenvalue weighted by Crippen LogP contribution is -2.29. The number of rotatable bonds is 7. The Bertz CT molecular complexity index is 1240. The normalized spacial score (nSPS) is 13.1. The highest BCUT2D eigenvalue weighted by Gasteiger charge is 2.26. The predicted octanol–water partition coefficient (Wildman–Crippen LogP) is 4.08. The highest BCUT2D eigenvalue weighted by atomic mass is 32.2. The predicted molar refractivity (Wildman–Crippen MR) is 125 cm³/mol. The molecule has 1 heterocycles. The number of carbonyl (C=O) groups excluding carboxylic acids is 1. The lowest BCUT2D eigenvalue weighted by atomic mass is 10.1. The molecule has 1 aliphatic heterocycles. The molecule has 32 heavy (non-hydrogen) atoms. The Kier molecular flexibility index (Phi) is 6.30. The van der Waals surface area contributed by atoms with Gasteiger partial charge in [-0.3, -0.25) is 4.79 Å².